The van der Waals surface area contributed by atoms with Gasteiger partial charge in [-0.3, -0.25) is 4.98 Å². The molecular formula is C13H21FN4O2S. The second kappa shape index (κ2) is 6.78. The Bertz CT molecular complexity index is 573. The van der Waals surface area contributed by atoms with Crippen molar-refractivity contribution in [3.8, 4) is 0 Å². The Labute approximate surface area is 124 Å². The van der Waals surface area contributed by atoms with Crippen molar-refractivity contribution in [3.63, 3.8) is 0 Å². The van der Waals surface area contributed by atoms with Crippen molar-refractivity contribution in [2.75, 3.05) is 39.3 Å². The SMILES string of the molecule is CC(CN)CN1CCN(S(=O)(=O)c2cncc(F)c2)CC1. The molecule has 1 fully saturated rings. The third kappa shape index (κ3) is 3.97. The number of piperazine rings is 1. The quantitative estimate of drug-likeness (QED) is 0.835. The van der Waals surface area contributed by atoms with E-state index in [0.717, 1.165) is 18.8 Å². The summed E-state index contributed by atoms with van der Waals surface area (Å²) in [6, 6.07) is 1.01. The predicted molar refractivity (Wildman–Crippen MR) is 77.6 cm³/mol. The Morgan fingerprint density at radius 2 is 2.00 bits per heavy atom. The van der Waals surface area contributed by atoms with Gasteiger partial charge in [0.2, 0.25) is 10.0 Å². The summed E-state index contributed by atoms with van der Waals surface area (Å²) >= 11 is 0. The van der Waals surface area contributed by atoms with Gasteiger partial charge in [-0.1, -0.05) is 6.92 Å². The van der Waals surface area contributed by atoms with Crippen LogP contribution in [0.5, 0.6) is 0 Å². The number of aromatic nitrogens is 1. The van der Waals surface area contributed by atoms with Crippen LogP contribution in [0.3, 0.4) is 0 Å². The number of nitrogens with two attached hydrogens (primary N) is 1. The molecule has 1 atom stereocenters. The Morgan fingerprint density at radius 1 is 1.33 bits per heavy atom. The van der Waals surface area contributed by atoms with E-state index in [0.29, 0.717) is 38.6 Å². The molecular weight excluding hydrogens is 295 g/mol. The molecule has 1 aliphatic heterocycles. The van der Waals surface area contributed by atoms with Gasteiger partial charge in [0, 0.05) is 38.9 Å². The van der Waals surface area contributed by atoms with Crippen molar-refractivity contribution in [2.45, 2.75) is 11.8 Å². The van der Waals surface area contributed by atoms with Gasteiger partial charge in [-0.05, 0) is 18.5 Å². The molecule has 2 heterocycles. The van der Waals surface area contributed by atoms with Gasteiger partial charge in [-0.2, -0.15) is 4.31 Å². The van der Waals surface area contributed by atoms with E-state index in [4.69, 9.17) is 5.73 Å². The van der Waals surface area contributed by atoms with Gasteiger partial charge >= 0.3 is 0 Å². The molecule has 1 saturated heterocycles. The van der Waals surface area contributed by atoms with Crippen molar-refractivity contribution in [1.29, 1.82) is 0 Å². The molecule has 0 saturated carbocycles. The molecule has 2 N–H and O–H groups in total. The zero-order valence-corrected chi connectivity index (χ0v) is 12.9. The van der Waals surface area contributed by atoms with Crippen LogP contribution < -0.4 is 5.73 Å². The monoisotopic (exact) mass is 316 g/mol. The molecule has 0 aliphatic carbocycles. The lowest BCUT2D eigenvalue weighted by Gasteiger charge is -2.35. The number of halogens is 1. The Balaban J connectivity index is 2.01. The Kier molecular flexibility index (Phi) is 5.26. The maximum atomic E-state index is 13.1. The largest absolute Gasteiger partial charge is 0.330 e. The smallest absolute Gasteiger partial charge is 0.244 e. The van der Waals surface area contributed by atoms with Crippen molar-refractivity contribution in [3.05, 3.63) is 24.3 Å². The van der Waals surface area contributed by atoms with E-state index in [1.54, 1.807) is 0 Å². The molecule has 1 aromatic rings. The highest BCUT2D eigenvalue weighted by atomic mass is 32.2. The fourth-order valence-corrected chi connectivity index (χ4v) is 3.75. The minimum atomic E-state index is -3.66. The molecule has 1 aromatic heterocycles. The fourth-order valence-electron chi connectivity index (χ4n) is 2.35. The van der Waals surface area contributed by atoms with Gasteiger partial charge in [0.15, 0.2) is 0 Å². The first-order valence-corrected chi connectivity index (χ1v) is 8.40. The molecule has 2 rings (SSSR count). The minimum Gasteiger partial charge on any atom is -0.330 e. The topological polar surface area (TPSA) is 79.5 Å². The molecule has 21 heavy (non-hydrogen) atoms. The van der Waals surface area contributed by atoms with E-state index in [2.05, 4.69) is 16.8 Å². The number of sulfonamides is 1. The van der Waals surface area contributed by atoms with E-state index in [1.807, 2.05) is 0 Å². The lowest BCUT2D eigenvalue weighted by molar-refractivity contribution is 0.170. The maximum Gasteiger partial charge on any atom is 0.244 e. The lowest BCUT2D eigenvalue weighted by Crippen LogP contribution is -2.49. The summed E-state index contributed by atoms with van der Waals surface area (Å²) in [5.41, 5.74) is 5.60. The molecule has 0 radical (unpaired) electrons. The van der Waals surface area contributed by atoms with E-state index in [1.165, 1.54) is 10.5 Å². The number of pyridine rings is 1. The fraction of sp³-hybridized carbons (Fsp3) is 0.615. The highest BCUT2D eigenvalue weighted by molar-refractivity contribution is 7.89. The standard InChI is InChI=1S/C13H21FN4O2S/c1-11(7-15)10-17-2-4-18(5-3-17)21(19,20)13-6-12(14)8-16-9-13/h6,8-9,11H,2-5,7,10,15H2,1H3. The average Bonchev–Trinajstić information content (AvgIpc) is 2.47. The Hall–Kier alpha value is -1.09. The number of hydrogen-bond donors (Lipinski definition) is 1. The number of rotatable bonds is 5. The van der Waals surface area contributed by atoms with Crippen molar-refractivity contribution in [1.82, 2.24) is 14.2 Å². The van der Waals surface area contributed by atoms with Crippen LogP contribution in [0.25, 0.3) is 0 Å². The summed E-state index contributed by atoms with van der Waals surface area (Å²) in [6.45, 7) is 5.67. The third-order valence-electron chi connectivity index (χ3n) is 3.62. The molecule has 1 unspecified atom stereocenters. The summed E-state index contributed by atoms with van der Waals surface area (Å²) in [7, 11) is -3.66. The zero-order valence-electron chi connectivity index (χ0n) is 12.1. The molecule has 0 bridgehead atoms. The van der Waals surface area contributed by atoms with Crippen LogP contribution in [-0.2, 0) is 10.0 Å². The first-order valence-electron chi connectivity index (χ1n) is 6.96. The van der Waals surface area contributed by atoms with Crippen LogP contribution in [-0.4, -0.2) is 61.9 Å². The Morgan fingerprint density at radius 3 is 2.57 bits per heavy atom. The van der Waals surface area contributed by atoms with E-state index in [9.17, 15) is 12.8 Å². The molecule has 0 amide bonds. The first-order chi connectivity index (χ1) is 9.93. The molecule has 6 nitrogen and oxygen atoms in total. The van der Waals surface area contributed by atoms with Gasteiger partial charge in [0.05, 0.1) is 6.20 Å². The van der Waals surface area contributed by atoms with E-state index >= 15 is 0 Å². The van der Waals surface area contributed by atoms with E-state index in [-0.39, 0.29) is 4.90 Å². The normalized spacial score (nSPS) is 19.6. The summed E-state index contributed by atoms with van der Waals surface area (Å²) in [5.74, 6) is -0.257. The molecule has 0 aromatic carbocycles. The van der Waals surface area contributed by atoms with Crippen molar-refractivity contribution < 1.29 is 12.8 Å². The highest BCUT2D eigenvalue weighted by Gasteiger charge is 2.29. The van der Waals surface area contributed by atoms with Crippen LogP contribution in [0.15, 0.2) is 23.4 Å². The van der Waals surface area contributed by atoms with Crippen LogP contribution in [0.2, 0.25) is 0 Å². The molecule has 1 aliphatic rings. The van der Waals surface area contributed by atoms with Crippen LogP contribution in [0.4, 0.5) is 4.39 Å². The lowest BCUT2D eigenvalue weighted by atomic mass is 10.1. The van der Waals surface area contributed by atoms with Gasteiger partial charge < -0.3 is 10.6 Å². The number of nitrogens with zero attached hydrogens (tertiary/aromatic N) is 3. The highest BCUT2D eigenvalue weighted by Crippen LogP contribution is 2.17. The van der Waals surface area contributed by atoms with Crippen molar-refractivity contribution >= 4 is 10.0 Å². The molecule has 8 heteroatoms. The summed E-state index contributed by atoms with van der Waals surface area (Å²) in [4.78, 5) is 5.72. The first kappa shape index (κ1) is 16.3. The van der Waals surface area contributed by atoms with Gasteiger partial charge in [0.25, 0.3) is 0 Å². The second-order valence-corrected chi connectivity index (χ2v) is 7.32. The molecule has 118 valence electrons. The average molecular weight is 316 g/mol. The number of hydrogen-bond acceptors (Lipinski definition) is 5. The van der Waals surface area contributed by atoms with Crippen molar-refractivity contribution in [2.24, 2.45) is 11.7 Å². The van der Waals surface area contributed by atoms with Gasteiger partial charge in [0.1, 0.15) is 10.7 Å². The minimum absolute atomic E-state index is 0.0914. The maximum absolute atomic E-state index is 13.1. The second-order valence-electron chi connectivity index (χ2n) is 5.38. The van der Waals surface area contributed by atoms with Gasteiger partial charge in [-0.25, -0.2) is 12.8 Å². The van der Waals surface area contributed by atoms with Crippen LogP contribution in [0, 0.1) is 11.7 Å². The van der Waals surface area contributed by atoms with Crippen LogP contribution >= 0.6 is 0 Å². The third-order valence-corrected chi connectivity index (χ3v) is 5.49. The molecule has 0 spiro atoms. The summed E-state index contributed by atoms with van der Waals surface area (Å²) in [6.07, 6.45) is 2.17. The van der Waals surface area contributed by atoms with E-state index < -0.39 is 15.8 Å². The van der Waals surface area contributed by atoms with Gasteiger partial charge in [-0.15, -0.1) is 0 Å². The predicted octanol–water partition coefficient (Wildman–Crippen LogP) is 0.122. The summed E-state index contributed by atoms with van der Waals surface area (Å²) in [5, 5.41) is 0. The summed E-state index contributed by atoms with van der Waals surface area (Å²) < 4.78 is 39.3. The van der Waals surface area contributed by atoms with Crippen LogP contribution in [0.1, 0.15) is 6.92 Å². The zero-order chi connectivity index (χ0) is 15.5.